The van der Waals surface area contributed by atoms with Crippen molar-refractivity contribution >= 4 is 34.9 Å². The van der Waals surface area contributed by atoms with E-state index < -0.39 is 23.4 Å². The zero-order chi connectivity index (χ0) is 18.4. The van der Waals surface area contributed by atoms with Crippen LogP contribution in [0.1, 0.15) is 10.4 Å². The molecule has 25 heavy (non-hydrogen) atoms. The molecule has 9 heteroatoms. The lowest BCUT2D eigenvalue weighted by Crippen LogP contribution is -2.21. The van der Waals surface area contributed by atoms with Gasteiger partial charge in [0.05, 0.1) is 23.3 Å². The van der Waals surface area contributed by atoms with Gasteiger partial charge in [0.1, 0.15) is 5.75 Å². The molecular weight excluding hydrogens is 352 g/mol. The average molecular weight is 365 g/mol. The highest BCUT2D eigenvalue weighted by molar-refractivity contribution is 6.30. The van der Waals surface area contributed by atoms with Crippen LogP contribution in [0.4, 0.5) is 11.4 Å². The summed E-state index contributed by atoms with van der Waals surface area (Å²) in [7, 11) is 1.36. The van der Waals surface area contributed by atoms with Crippen molar-refractivity contribution in [1.29, 1.82) is 0 Å². The molecule has 0 saturated heterocycles. The maximum Gasteiger partial charge on any atom is 0.338 e. The van der Waals surface area contributed by atoms with Crippen molar-refractivity contribution in [3.05, 3.63) is 63.2 Å². The second-order valence-corrected chi connectivity index (χ2v) is 5.21. The van der Waals surface area contributed by atoms with Crippen molar-refractivity contribution in [2.45, 2.75) is 0 Å². The predicted molar refractivity (Wildman–Crippen MR) is 90.0 cm³/mol. The van der Waals surface area contributed by atoms with Gasteiger partial charge in [-0.2, -0.15) is 0 Å². The predicted octanol–water partition coefficient (Wildman–Crippen LogP) is 3.05. The van der Waals surface area contributed by atoms with Crippen LogP contribution in [-0.2, 0) is 9.53 Å². The van der Waals surface area contributed by atoms with E-state index in [4.69, 9.17) is 21.1 Å². The standard InChI is InChI=1S/C16H13ClN2O6/c1-24-14-7-6-12(19(22)23)8-13(14)18-15(20)9-25-16(21)10-2-4-11(17)5-3-10/h2-8H,9H2,1H3,(H,18,20). The summed E-state index contributed by atoms with van der Waals surface area (Å²) < 4.78 is 9.91. The Labute approximate surface area is 147 Å². The molecule has 0 spiro atoms. The lowest BCUT2D eigenvalue weighted by Gasteiger charge is -2.10. The van der Waals surface area contributed by atoms with E-state index in [1.807, 2.05) is 0 Å². The van der Waals surface area contributed by atoms with Gasteiger partial charge in [-0.3, -0.25) is 14.9 Å². The van der Waals surface area contributed by atoms with Gasteiger partial charge in [0, 0.05) is 17.2 Å². The van der Waals surface area contributed by atoms with E-state index in [1.54, 1.807) is 0 Å². The first-order chi connectivity index (χ1) is 11.9. The van der Waals surface area contributed by atoms with Crippen LogP contribution in [0.5, 0.6) is 5.75 Å². The summed E-state index contributed by atoms with van der Waals surface area (Å²) >= 11 is 5.72. The molecule has 0 fully saturated rings. The number of benzene rings is 2. The Morgan fingerprint density at radius 2 is 1.88 bits per heavy atom. The van der Waals surface area contributed by atoms with Crippen molar-refractivity contribution < 1.29 is 24.0 Å². The number of non-ortho nitro benzene ring substituents is 1. The number of nitrogens with zero attached hydrogens (tertiary/aromatic N) is 1. The molecule has 1 amide bonds. The molecule has 0 aliphatic carbocycles. The molecule has 0 saturated carbocycles. The van der Waals surface area contributed by atoms with Crippen LogP contribution >= 0.6 is 11.6 Å². The lowest BCUT2D eigenvalue weighted by atomic mass is 10.2. The highest BCUT2D eigenvalue weighted by Gasteiger charge is 2.15. The Balaban J connectivity index is 2.00. The highest BCUT2D eigenvalue weighted by atomic mass is 35.5. The second kappa shape index (κ2) is 8.11. The number of nitrogens with one attached hydrogen (secondary N) is 1. The van der Waals surface area contributed by atoms with E-state index >= 15 is 0 Å². The molecule has 0 unspecified atom stereocenters. The molecule has 2 aromatic carbocycles. The van der Waals surface area contributed by atoms with Crippen LogP contribution < -0.4 is 10.1 Å². The number of methoxy groups -OCH3 is 1. The van der Waals surface area contributed by atoms with E-state index in [0.717, 1.165) is 6.07 Å². The quantitative estimate of drug-likeness (QED) is 0.479. The SMILES string of the molecule is COc1ccc([N+](=O)[O-])cc1NC(=O)COC(=O)c1ccc(Cl)cc1. The van der Waals surface area contributed by atoms with E-state index in [1.165, 1.54) is 43.5 Å². The van der Waals surface area contributed by atoms with Crippen molar-refractivity contribution in [1.82, 2.24) is 0 Å². The minimum Gasteiger partial charge on any atom is -0.495 e. The summed E-state index contributed by atoms with van der Waals surface area (Å²) in [4.78, 5) is 33.9. The van der Waals surface area contributed by atoms with Gasteiger partial charge in [0.15, 0.2) is 6.61 Å². The van der Waals surface area contributed by atoms with Crippen LogP contribution in [0.25, 0.3) is 0 Å². The Kier molecular flexibility index (Phi) is 5.91. The van der Waals surface area contributed by atoms with Gasteiger partial charge in [-0.15, -0.1) is 0 Å². The molecule has 8 nitrogen and oxygen atoms in total. The molecule has 0 bridgehead atoms. The number of halogens is 1. The number of anilines is 1. The first kappa shape index (κ1) is 18.2. The van der Waals surface area contributed by atoms with Crippen LogP contribution in [0.15, 0.2) is 42.5 Å². The van der Waals surface area contributed by atoms with Crippen LogP contribution in [0, 0.1) is 10.1 Å². The number of ether oxygens (including phenoxy) is 2. The molecule has 0 radical (unpaired) electrons. The molecule has 130 valence electrons. The number of esters is 1. The summed E-state index contributed by atoms with van der Waals surface area (Å²) in [6.07, 6.45) is 0. The Hall–Kier alpha value is -3.13. The Morgan fingerprint density at radius 1 is 1.20 bits per heavy atom. The number of hydrogen-bond acceptors (Lipinski definition) is 6. The summed E-state index contributed by atoms with van der Waals surface area (Å²) in [6, 6.07) is 9.72. The fourth-order valence-corrected chi connectivity index (χ4v) is 2.02. The van der Waals surface area contributed by atoms with Crippen molar-refractivity contribution in [2.75, 3.05) is 19.0 Å². The van der Waals surface area contributed by atoms with Gasteiger partial charge in [0.25, 0.3) is 11.6 Å². The summed E-state index contributed by atoms with van der Waals surface area (Å²) in [5.74, 6) is -1.12. The van der Waals surface area contributed by atoms with Crippen LogP contribution in [-0.4, -0.2) is 30.5 Å². The average Bonchev–Trinajstić information content (AvgIpc) is 2.60. The maximum absolute atomic E-state index is 11.9. The monoisotopic (exact) mass is 364 g/mol. The van der Waals surface area contributed by atoms with Crippen molar-refractivity contribution in [3.8, 4) is 5.75 Å². The zero-order valence-corrected chi connectivity index (χ0v) is 13.8. The third kappa shape index (κ3) is 4.92. The molecule has 1 N–H and O–H groups in total. The van der Waals surface area contributed by atoms with Gasteiger partial charge in [-0.05, 0) is 30.3 Å². The van der Waals surface area contributed by atoms with E-state index in [-0.39, 0.29) is 22.7 Å². The van der Waals surface area contributed by atoms with Crippen LogP contribution in [0.2, 0.25) is 5.02 Å². The Morgan fingerprint density at radius 3 is 2.48 bits per heavy atom. The molecule has 0 aliphatic heterocycles. The number of nitro groups is 1. The molecule has 2 rings (SSSR count). The third-order valence-corrected chi connectivity index (χ3v) is 3.33. The number of amides is 1. The summed E-state index contributed by atoms with van der Waals surface area (Å²) in [6.45, 7) is -0.562. The summed E-state index contributed by atoms with van der Waals surface area (Å²) in [5, 5.41) is 13.7. The van der Waals surface area contributed by atoms with E-state index in [2.05, 4.69) is 5.32 Å². The first-order valence-electron chi connectivity index (χ1n) is 6.95. The minimum atomic E-state index is -0.696. The number of carbonyl (C=O) groups is 2. The molecule has 0 heterocycles. The first-order valence-corrected chi connectivity index (χ1v) is 7.33. The molecule has 2 aromatic rings. The topological polar surface area (TPSA) is 108 Å². The highest BCUT2D eigenvalue weighted by Crippen LogP contribution is 2.28. The van der Waals surface area contributed by atoms with E-state index in [9.17, 15) is 19.7 Å². The third-order valence-electron chi connectivity index (χ3n) is 3.08. The lowest BCUT2D eigenvalue weighted by molar-refractivity contribution is -0.384. The van der Waals surface area contributed by atoms with E-state index in [0.29, 0.717) is 5.02 Å². The van der Waals surface area contributed by atoms with Crippen LogP contribution in [0.3, 0.4) is 0 Å². The second-order valence-electron chi connectivity index (χ2n) is 4.77. The smallest absolute Gasteiger partial charge is 0.338 e. The van der Waals surface area contributed by atoms with Crippen molar-refractivity contribution in [3.63, 3.8) is 0 Å². The van der Waals surface area contributed by atoms with Gasteiger partial charge < -0.3 is 14.8 Å². The number of rotatable bonds is 6. The number of hydrogen-bond donors (Lipinski definition) is 1. The number of carbonyl (C=O) groups excluding carboxylic acids is 2. The fraction of sp³-hybridized carbons (Fsp3) is 0.125. The Bertz CT molecular complexity index is 807. The van der Waals surface area contributed by atoms with Gasteiger partial charge in [-0.1, -0.05) is 11.6 Å². The zero-order valence-electron chi connectivity index (χ0n) is 13.0. The molecule has 0 aliphatic rings. The minimum absolute atomic E-state index is 0.101. The summed E-state index contributed by atoms with van der Waals surface area (Å²) in [5.41, 5.74) is 0.128. The van der Waals surface area contributed by atoms with Gasteiger partial charge in [-0.25, -0.2) is 4.79 Å². The normalized spacial score (nSPS) is 10.0. The molecular formula is C16H13ClN2O6. The molecule has 0 aromatic heterocycles. The van der Waals surface area contributed by atoms with Gasteiger partial charge >= 0.3 is 5.97 Å². The fourth-order valence-electron chi connectivity index (χ4n) is 1.89. The number of nitro benzene ring substituents is 1. The van der Waals surface area contributed by atoms with Crippen molar-refractivity contribution in [2.24, 2.45) is 0 Å². The molecule has 0 atom stereocenters. The van der Waals surface area contributed by atoms with Gasteiger partial charge in [0.2, 0.25) is 0 Å². The largest absolute Gasteiger partial charge is 0.495 e. The maximum atomic E-state index is 11.9.